The first-order valence-corrected chi connectivity index (χ1v) is 14.9. The highest BCUT2D eigenvalue weighted by Gasteiger charge is 2.38. The summed E-state index contributed by atoms with van der Waals surface area (Å²) >= 11 is 0. The number of pyridine rings is 1. The van der Waals surface area contributed by atoms with E-state index in [4.69, 9.17) is 0 Å². The Bertz CT molecular complexity index is 1990. The predicted octanol–water partition coefficient (Wildman–Crippen LogP) is 4.37. The maximum absolute atomic E-state index is 15.3. The van der Waals surface area contributed by atoms with E-state index in [1.54, 1.807) is 46.8 Å². The van der Waals surface area contributed by atoms with Gasteiger partial charge in [0.15, 0.2) is 0 Å². The van der Waals surface area contributed by atoms with Gasteiger partial charge in [0.25, 0.3) is 11.5 Å². The minimum absolute atomic E-state index is 0.0274. The Labute approximate surface area is 235 Å². The Morgan fingerprint density at radius 1 is 1.15 bits per heavy atom. The van der Waals surface area contributed by atoms with Crippen LogP contribution in [0.3, 0.4) is 0 Å². The highest BCUT2D eigenvalue weighted by molar-refractivity contribution is 7.91. The maximum atomic E-state index is 15.3. The summed E-state index contributed by atoms with van der Waals surface area (Å²) in [4.78, 5) is 29.6. The number of nitrogens with one attached hydrogen (secondary N) is 2. The van der Waals surface area contributed by atoms with Crippen LogP contribution in [-0.2, 0) is 30.0 Å². The summed E-state index contributed by atoms with van der Waals surface area (Å²) in [6, 6.07) is 13.6. The topological polar surface area (TPSA) is 119 Å². The van der Waals surface area contributed by atoms with Crippen molar-refractivity contribution in [2.24, 2.45) is 7.05 Å². The molecule has 1 aliphatic carbocycles. The van der Waals surface area contributed by atoms with Crippen molar-refractivity contribution < 1.29 is 17.6 Å². The lowest BCUT2D eigenvalue weighted by Crippen LogP contribution is -2.35. The molecule has 6 rings (SSSR count). The molecule has 0 unspecified atom stereocenters. The number of benzene rings is 2. The van der Waals surface area contributed by atoms with Gasteiger partial charge in [-0.3, -0.25) is 14.3 Å². The molecule has 3 heterocycles. The molecule has 0 radical (unpaired) electrons. The standard InChI is InChI=1S/C30H28FN5O4S/c1-3-18-6-11-26-24(13-18)27(23-5-4-12-32-29(23)37)28(30(38)34-41(39,40)22-8-9-22)36(26)17-20-14-19(7-10-25(20)31)21-15-33-35(2)16-21/h4-7,10-16,22H,3,8-9,17H2,1-2H3,(H,32,37)(H,34,38). The third-order valence-corrected chi connectivity index (χ3v) is 9.27. The molecule has 3 aromatic heterocycles. The van der Waals surface area contributed by atoms with Gasteiger partial charge in [0.05, 0.1) is 18.0 Å². The Morgan fingerprint density at radius 2 is 1.95 bits per heavy atom. The molecule has 1 amide bonds. The van der Waals surface area contributed by atoms with Gasteiger partial charge in [0.1, 0.15) is 11.5 Å². The van der Waals surface area contributed by atoms with Crippen LogP contribution in [-0.4, -0.2) is 38.9 Å². The van der Waals surface area contributed by atoms with Crippen molar-refractivity contribution in [3.05, 3.63) is 100 Å². The zero-order chi connectivity index (χ0) is 28.9. The van der Waals surface area contributed by atoms with Crippen molar-refractivity contribution in [2.45, 2.75) is 38.0 Å². The smallest absolute Gasteiger partial charge is 0.282 e. The second kappa shape index (κ2) is 10.2. The number of aromatic nitrogens is 4. The third-order valence-electron chi connectivity index (χ3n) is 7.45. The van der Waals surface area contributed by atoms with Gasteiger partial charge in [-0.25, -0.2) is 17.5 Å². The molecule has 0 atom stereocenters. The van der Waals surface area contributed by atoms with Gasteiger partial charge < -0.3 is 9.55 Å². The van der Waals surface area contributed by atoms with E-state index in [0.29, 0.717) is 35.7 Å². The number of aromatic amines is 1. The highest BCUT2D eigenvalue weighted by atomic mass is 32.2. The van der Waals surface area contributed by atoms with E-state index in [1.807, 2.05) is 31.3 Å². The Balaban J connectivity index is 1.60. The van der Waals surface area contributed by atoms with Gasteiger partial charge in [0, 0.05) is 52.6 Å². The molecule has 1 saturated carbocycles. The number of hydrogen-bond donors (Lipinski definition) is 2. The van der Waals surface area contributed by atoms with Crippen molar-refractivity contribution >= 4 is 26.8 Å². The van der Waals surface area contributed by atoms with Crippen LogP contribution >= 0.6 is 0 Å². The van der Waals surface area contributed by atoms with E-state index in [-0.39, 0.29) is 23.4 Å². The average molecular weight is 574 g/mol. The van der Waals surface area contributed by atoms with Crippen molar-refractivity contribution in [1.29, 1.82) is 0 Å². The maximum Gasteiger partial charge on any atom is 0.282 e. The van der Waals surface area contributed by atoms with E-state index < -0.39 is 32.6 Å². The Morgan fingerprint density at radius 3 is 2.63 bits per heavy atom. The fourth-order valence-electron chi connectivity index (χ4n) is 5.17. The predicted molar refractivity (Wildman–Crippen MR) is 154 cm³/mol. The lowest BCUT2D eigenvalue weighted by atomic mass is 10.0. The van der Waals surface area contributed by atoms with Gasteiger partial charge in [-0.15, -0.1) is 0 Å². The van der Waals surface area contributed by atoms with Crippen molar-refractivity contribution in [3.63, 3.8) is 0 Å². The number of amides is 1. The largest absolute Gasteiger partial charge is 0.331 e. The first-order valence-electron chi connectivity index (χ1n) is 13.3. The zero-order valence-corrected chi connectivity index (χ0v) is 23.3. The van der Waals surface area contributed by atoms with Gasteiger partial charge in [-0.2, -0.15) is 5.10 Å². The highest BCUT2D eigenvalue weighted by Crippen LogP contribution is 2.36. The van der Waals surface area contributed by atoms with E-state index in [2.05, 4.69) is 14.8 Å². The molecule has 2 N–H and O–H groups in total. The normalized spacial score (nSPS) is 13.5. The van der Waals surface area contributed by atoms with Crippen molar-refractivity contribution in [3.8, 4) is 22.3 Å². The number of sulfonamides is 1. The summed E-state index contributed by atoms with van der Waals surface area (Å²) < 4.78 is 46.5. The monoisotopic (exact) mass is 573 g/mol. The molecule has 0 spiro atoms. The summed E-state index contributed by atoms with van der Waals surface area (Å²) in [6.45, 7) is 1.90. The third kappa shape index (κ3) is 4.97. The first kappa shape index (κ1) is 26.7. The molecule has 9 nitrogen and oxygen atoms in total. The summed E-state index contributed by atoms with van der Waals surface area (Å²) in [7, 11) is -2.12. The van der Waals surface area contributed by atoms with Crippen LogP contribution in [0.4, 0.5) is 4.39 Å². The molecule has 1 aliphatic rings. The molecular weight excluding hydrogens is 545 g/mol. The zero-order valence-electron chi connectivity index (χ0n) is 22.5. The summed E-state index contributed by atoms with van der Waals surface area (Å²) in [6.07, 6.45) is 6.63. The van der Waals surface area contributed by atoms with Crippen molar-refractivity contribution in [1.82, 2.24) is 24.1 Å². The lowest BCUT2D eigenvalue weighted by Gasteiger charge is -2.14. The van der Waals surface area contributed by atoms with Crippen LogP contribution < -0.4 is 10.3 Å². The van der Waals surface area contributed by atoms with Gasteiger partial charge in [-0.1, -0.05) is 19.1 Å². The molecule has 1 fully saturated rings. The minimum Gasteiger partial charge on any atom is -0.331 e. The van der Waals surface area contributed by atoms with E-state index in [1.165, 1.54) is 12.3 Å². The number of H-pyrrole nitrogens is 1. The minimum atomic E-state index is -3.91. The number of carbonyl (C=O) groups excluding carboxylic acids is 1. The lowest BCUT2D eigenvalue weighted by molar-refractivity contribution is 0.0974. The summed E-state index contributed by atoms with van der Waals surface area (Å²) in [5.74, 6) is -1.35. The number of nitrogens with zero attached hydrogens (tertiary/aromatic N) is 3. The Hall–Kier alpha value is -4.51. The number of hydrogen-bond acceptors (Lipinski definition) is 5. The SMILES string of the molecule is CCc1ccc2c(c1)c(-c1ccc[nH]c1=O)c(C(=O)NS(=O)(=O)C1CC1)n2Cc1cc(-c2cnn(C)c2)ccc1F. The van der Waals surface area contributed by atoms with Gasteiger partial charge in [-0.05, 0) is 66.8 Å². The van der Waals surface area contributed by atoms with Crippen molar-refractivity contribution in [2.75, 3.05) is 0 Å². The fourth-order valence-corrected chi connectivity index (χ4v) is 6.45. The molecule has 210 valence electrons. The van der Waals surface area contributed by atoms with Crippen LogP contribution in [0.5, 0.6) is 0 Å². The molecule has 5 aromatic rings. The van der Waals surface area contributed by atoms with Gasteiger partial charge >= 0.3 is 0 Å². The molecule has 2 aromatic carbocycles. The number of rotatable bonds is 8. The quantitative estimate of drug-likeness (QED) is 0.286. The summed E-state index contributed by atoms with van der Waals surface area (Å²) in [5.41, 5.74) is 3.40. The van der Waals surface area contributed by atoms with Crippen LogP contribution in [0, 0.1) is 5.82 Å². The Kier molecular flexibility index (Phi) is 6.61. The number of carbonyl (C=O) groups is 1. The van der Waals surface area contributed by atoms with Crippen LogP contribution in [0.2, 0.25) is 0 Å². The summed E-state index contributed by atoms with van der Waals surface area (Å²) in [5, 5.41) is 4.16. The van der Waals surface area contributed by atoms with E-state index in [0.717, 1.165) is 16.7 Å². The van der Waals surface area contributed by atoms with Crippen LogP contribution in [0.25, 0.3) is 33.2 Å². The molecular formula is C30H28FN5O4S. The number of halogens is 1. The molecule has 0 aliphatic heterocycles. The fraction of sp³-hybridized carbons (Fsp3) is 0.233. The van der Waals surface area contributed by atoms with E-state index >= 15 is 4.39 Å². The van der Waals surface area contributed by atoms with E-state index in [9.17, 15) is 18.0 Å². The first-order chi connectivity index (χ1) is 19.7. The molecule has 41 heavy (non-hydrogen) atoms. The van der Waals surface area contributed by atoms with Gasteiger partial charge in [0.2, 0.25) is 10.0 Å². The average Bonchev–Trinajstić information content (AvgIpc) is 3.66. The number of aryl methyl sites for hydroxylation is 2. The molecule has 0 bridgehead atoms. The van der Waals surface area contributed by atoms with Crippen LogP contribution in [0.1, 0.15) is 41.4 Å². The van der Waals surface area contributed by atoms with Crippen LogP contribution in [0.15, 0.2) is 71.9 Å². The number of fused-ring (bicyclic) bond motifs is 1. The second-order valence-corrected chi connectivity index (χ2v) is 12.3. The molecule has 11 heteroatoms. The molecule has 0 saturated heterocycles. The second-order valence-electron chi connectivity index (χ2n) is 10.3.